The smallest absolute Gasteiger partial charge is 0.411 e. The van der Waals surface area contributed by atoms with Gasteiger partial charge in [-0.15, -0.1) is 0 Å². The Balaban J connectivity index is 2.35. The van der Waals surface area contributed by atoms with Crippen LogP contribution in [0.5, 0.6) is 0 Å². The maximum Gasteiger partial charge on any atom is 0.411 e. The van der Waals surface area contributed by atoms with Crippen molar-refractivity contribution in [3.05, 3.63) is 24.3 Å². The van der Waals surface area contributed by atoms with Crippen molar-refractivity contribution in [3.8, 4) is 0 Å². The van der Waals surface area contributed by atoms with Crippen molar-refractivity contribution in [1.29, 1.82) is 0 Å². The molecule has 0 aliphatic rings. The van der Waals surface area contributed by atoms with Crippen molar-refractivity contribution in [2.24, 2.45) is 0 Å². The highest BCUT2D eigenvalue weighted by molar-refractivity contribution is 7.89. The number of nitrogens with one attached hydrogen (secondary N) is 1. The molecule has 1 rings (SSSR count). The van der Waals surface area contributed by atoms with E-state index in [1.807, 2.05) is 0 Å². The SMILES string of the molecule is CCCCCCCCOC(=O)Nc1ccc(S(=O)(=O)N(C)C)cc1. The summed E-state index contributed by atoms with van der Waals surface area (Å²) in [6.07, 6.45) is 6.26. The quantitative estimate of drug-likeness (QED) is 0.646. The Bertz CT molecular complexity index is 598. The molecule has 136 valence electrons. The Morgan fingerprint density at radius 1 is 1.04 bits per heavy atom. The molecule has 6 nitrogen and oxygen atoms in total. The van der Waals surface area contributed by atoms with Gasteiger partial charge < -0.3 is 4.74 Å². The van der Waals surface area contributed by atoms with Gasteiger partial charge in [-0.25, -0.2) is 17.5 Å². The maximum absolute atomic E-state index is 11.9. The van der Waals surface area contributed by atoms with Gasteiger partial charge in [-0.3, -0.25) is 5.32 Å². The van der Waals surface area contributed by atoms with Crippen molar-refractivity contribution >= 4 is 21.8 Å². The molecule has 0 atom stereocenters. The van der Waals surface area contributed by atoms with E-state index >= 15 is 0 Å². The number of unbranched alkanes of at least 4 members (excludes halogenated alkanes) is 5. The molecular formula is C17H28N2O4S. The number of nitrogens with zero attached hydrogens (tertiary/aromatic N) is 1. The van der Waals surface area contributed by atoms with Crippen LogP contribution in [-0.4, -0.2) is 39.5 Å². The predicted octanol–water partition coefficient (Wildman–Crippen LogP) is 3.85. The highest BCUT2D eigenvalue weighted by atomic mass is 32.2. The number of benzene rings is 1. The first kappa shape index (κ1) is 20.4. The highest BCUT2D eigenvalue weighted by Crippen LogP contribution is 2.16. The van der Waals surface area contributed by atoms with E-state index in [1.54, 1.807) is 12.1 Å². The summed E-state index contributed by atoms with van der Waals surface area (Å²) in [5, 5.41) is 2.59. The molecule has 1 amide bonds. The number of sulfonamides is 1. The average molecular weight is 356 g/mol. The van der Waals surface area contributed by atoms with Gasteiger partial charge in [0, 0.05) is 19.8 Å². The molecule has 0 aliphatic carbocycles. The summed E-state index contributed by atoms with van der Waals surface area (Å²) in [5.41, 5.74) is 0.501. The summed E-state index contributed by atoms with van der Waals surface area (Å²) in [6, 6.07) is 6.00. The fraction of sp³-hybridized carbons (Fsp3) is 0.588. The zero-order chi connectivity index (χ0) is 18.0. The van der Waals surface area contributed by atoms with Crippen molar-refractivity contribution in [2.45, 2.75) is 50.3 Å². The van der Waals surface area contributed by atoms with Crippen molar-refractivity contribution in [2.75, 3.05) is 26.0 Å². The monoisotopic (exact) mass is 356 g/mol. The number of hydrogen-bond donors (Lipinski definition) is 1. The van der Waals surface area contributed by atoms with Gasteiger partial charge in [0.1, 0.15) is 0 Å². The van der Waals surface area contributed by atoms with Crippen molar-refractivity contribution < 1.29 is 17.9 Å². The fourth-order valence-electron chi connectivity index (χ4n) is 2.12. The van der Waals surface area contributed by atoms with E-state index in [-0.39, 0.29) is 4.90 Å². The Morgan fingerprint density at radius 3 is 2.21 bits per heavy atom. The predicted molar refractivity (Wildman–Crippen MR) is 95.7 cm³/mol. The largest absolute Gasteiger partial charge is 0.449 e. The molecule has 0 bridgehead atoms. The lowest BCUT2D eigenvalue weighted by molar-refractivity contribution is 0.159. The third-order valence-corrected chi connectivity index (χ3v) is 5.44. The molecule has 7 heteroatoms. The number of rotatable bonds is 10. The van der Waals surface area contributed by atoms with Crippen molar-refractivity contribution in [1.82, 2.24) is 4.31 Å². The van der Waals surface area contributed by atoms with Gasteiger partial charge in [0.15, 0.2) is 0 Å². The Hall–Kier alpha value is -1.60. The molecule has 0 radical (unpaired) electrons. The third kappa shape index (κ3) is 6.88. The molecule has 0 aliphatic heterocycles. The Kier molecular flexibility index (Phi) is 8.78. The molecule has 1 aromatic rings. The van der Waals surface area contributed by atoms with Gasteiger partial charge in [-0.2, -0.15) is 0 Å². The molecule has 0 saturated heterocycles. The van der Waals surface area contributed by atoms with Crippen LogP contribution in [0.25, 0.3) is 0 Å². The standard InChI is InChI=1S/C17H28N2O4S/c1-4-5-6-7-8-9-14-23-17(20)18-15-10-12-16(13-11-15)24(21,22)19(2)3/h10-13H,4-9,14H2,1-3H3,(H,18,20). The summed E-state index contributed by atoms with van der Waals surface area (Å²) in [5.74, 6) is 0. The van der Waals surface area contributed by atoms with Crippen LogP contribution in [0.2, 0.25) is 0 Å². The van der Waals surface area contributed by atoms with Crippen LogP contribution < -0.4 is 5.32 Å². The van der Waals surface area contributed by atoms with Gasteiger partial charge in [0.2, 0.25) is 10.0 Å². The van der Waals surface area contributed by atoms with E-state index in [4.69, 9.17) is 4.74 Å². The summed E-state index contributed by atoms with van der Waals surface area (Å²) < 4.78 is 30.2. The molecule has 0 heterocycles. The van der Waals surface area contributed by atoms with Crippen LogP contribution in [-0.2, 0) is 14.8 Å². The lowest BCUT2D eigenvalue weighted by Crippen LogP contribution is -2.22. The molecule has 0 fully saturated rings. The normalized spacial score (nSPS) is 11.5. The highest BCUT2D eigenvalue weighted by Gasteiger charge is 2.16. The van der Waals surface area contributed by atoms with Crippen LogP contribution in [0, 0.1) is 0 Å². The van der Waals surface area contributed by atoms with E-state index in [9.17, 15) is 13.2 Å². The van der Waals surface area contributed by atoms with Gasteiger partial charge in [0.05, 0.1) is 11.5 Å². The number of carbonyl (C=O) groups excluding carboxylic acids is 1. The molecule has 0 aromatic heterocycles. The summed E-state index contributed by atoms with van der Waals surface area (Å²) in [7, 11) is -0.513. The van der Waals surface area contributed by atoms with E-state index in [0.717, 1.165) is 17.1 Å². The zero-order valence-electron chi connectivity index (χ0n) is 14.7. The van der Waals surface area contributed by atoms with Crippen LogP contribution in [0.1, 0.15) is 45.4 Å². The molecule has 1 N–H and O–H groups in total. The topological polar surface area (TPSA) is 75.7 Å². The summed E-state index contributed by atoms with van der Waals surface area (Å²) >= 11 is 0. The van der Waals surface area contributed by atoms with E-state index in [0.29, 0.717) is 12.3 Å². The van der Waals surface area contributed by atoms with E-state index in [2.05, 4.69) is 12.2 Å². The minimum Gasteiger partial charge on any atom is -0.449 e. The lowest BCUT2D eigenvalue weighted by atomic mass is 10.1. The maximum atomic E-state index is 11.9. The second kappa shape index (κ2) is 10.3. The minimum absolute atomic E-state index is 0.179. The number of ether oxygens (including phenoxy) is 1. The third-order valence-electron chi connectivity index (χ3n) is 3.61. The molecule has 0 unspecified atom stereocenters. The molecule has 0 saturated carbocycles. The first-order valence-electron chi connectivity index (χ1n) is 8.34. The molecule has 0 spiro atoms. The average Bonchev–Trinajstić information content (AvgIpc) is 2.54. The van der Waals surface area contributed by atoms with Crippen LogP contribution in [0.3, 0.4) is 0 Å². The van der Waals surface area contributed by atoms with Gasteiger partial charge in [-0.1, -0.05) is 39.0 Å². The number of carbonyl (C=O) groups is 1. The van der Waals surface area contributed by atoms with Gasteiger partial charge in [-0.05, 0) is 30.7 Å². The fourth-order valence-corrected chi connectivity index (χ4v) is 3.02. The number of anilines is 1. The van der Waals surface area contributed by atoms with Gasteiger partial charge >= 0.3 is 6.09 Å². The van der Waals surface area contributed by atoms with Crippen LogP contribution >= 0.6 is 0 Å². The molecule has 1 aromatic carbocycles. The first-order chi connectivity index (χ1) is 11.4. The van der Waals surface area contributed by atoms with Crippen LogP contribution in [0.4, 0.5) is 10.5 Å². The summed E-state index contributed by atoms with van der Waals surface area (Å²) in [6.45, 7) is 2.57. The lowest BCUT2D eigenvalue weighted by Gasteiger charge is -2.12. The van der Waals surface area contributed by atoms with E-state index < -0.39 is 16.1 Å². The second-order valence-electron chi connectivity index (χ2n) is 5.84. The molecule has 24 heavy (non-hydrogen) atoms. The zero-order valence-corrected chi connectivity index (χ0v) is 15.6. The van der Waals surface area contributed by atoms with Crippen LogP contribution in [0.15, 0.2) is 29.2 Å². The second-order valence-corrected chi connectivity index (χ2v) is 7.99. The number of amides is 1. The summed E-state index contributed by atoms with van der Waals surface area (Å²) in [4.78, 5) is 11.9. The van der Waals surface area contributed by atoms with E-state index in [1.165, 1.54) is 51.9 Å². The minimum atomic E-state index is -3.46. The Morgan fingerprint density at radius 2 is 1.62 bits per heavy atom. The number of hydrogen-bond acceptors (Lipinski definition) is 4. The Labute approximate surface area is 145 Å². The first-order valence-corrected chi connectivity index (χ1v) is 9.78. The van der Waals surface area contributed by atoms with Gasteiger partial charge in [0.25, 0.3) is 0 Å². The van der Waals surface area contributed by atoms with Crippen molar-refractivity contribution in [3.63, 3.8) is 0 Å². The molecular weight excluding hydrogens is 328 g/mol.